The third kappa shape index (κ3) is 3.87. The molecule has 0 aliphatic rings. The lowest BCUT2D eigenvalue weighted by molar-refractivity contribution is 0.0844. The lowest BCUT2D eigenvalue weighted by Gasteiger charge is -2.07. The summed E-state index contributed by atoms with van der Waals surface area (Å²) in [7, 11) is 0. The number of hydrogen-bond donors (Lipinski definition) is 3. The molecule has 0 fully saturated rings. The zero-order valence-electron chi connectivity index (χ0n) is 15.1. The molecule has 0 aliphatic carbocycles. The van der Waals surface area contributed by atoms with E-state index in [1.807, 2.05) is 60.0 Å². The smallest absolute Gasteiger partial charge is 0.294 e. The van der Waals surface area contributed by atoms with E-state index in [4.69, 9.17) is 0 Å². The Labute approximate surface area is 170 Å². The molecule has 4 aromatic rings. The van der Waals surface area contributed by atoms with Gasteiger partial charge in [0.25, 0.3) is 11.8 Å². The molecule has 0 saturated heterocycles. The average Bonchev–Trinajstić information content (AvgIpc) is 3.40. The largest absolute Gasteiger partial charge is 0.504 e. The van der Waals surface area contributed by atoms with Crippen LogP contribution in [-0.4, -0.2) is 26.7 Å². The molecule has 0 spiro atoms. The summed E-state index contributed by atoms with van der Waals surface area (Å²) >= 11 is 1.27. The minimum absolute atomic E-state index is 0.191. The molecule has 2 aromatic heterocycles. The van der Waals surface area contributed by atoms with Crippen LogP contribution >= 0.6 is 11.3 Å². The van der Waals surface area contributed by atoms with Crippen molar-refractivity contribution in [1.29, 1.82) is 0 Å². The Morgan fingerprint density at radius 2 is 1.55 bits per heavy atom. The van der Waals surface area contributed by atoms with Gasteiger partial charge in [-0.25, -0.2) is 4.68 Å². The minimum Gasteiger partial charge on any atom is -0.504 e. The first-order chi connectivity index (χ1) is 14.1. The third-order valence-corrected chi connectivity index (χ3v) is 5.09. The fourth-order valence-electron chi connectivity index (χ4n) is 2.80. The van der Waals surface area contributed by atoms with Gasteiger partial charge in [0.2, 0.25) is 0 Å². The van der Waals surface area contributed by atoms with Crippen molar-refractivity contribution >= 4 is 23.2 Å². The number of aromatic nitrogens is 2. The number of hydrogen-bond acceptors (Lipinski definition) is 5. The van der Waals surface area contributed by atoms with E-state index in [0.29, 0.717) is 10.6 Å². The first kappa shape index (κ1) is 18.5. The van der Waals surface area contributed by atoms with E-state index >= 15 is 0 Å². The van der Waals surface area contributed by atoms with Gasteiger partial charge in [-0.3, -0.25) is 20.4 Å². The summed E-state index contributed by atoms with van der Waals surface area (Å²) in [4.78, 5) is 25.4. The number of aromatic hydroxyl groups is 1. The number of rotatable bonds is 4. The van der Waals surface area contributed by atoms with Gasteiger partial charge in [0.15, 0.2) is 11.4 Å². The molecular formula is C21H16N4O3S. The lowest BCUT2D eigenvalue weighted by atomic mass is 10.1. The van der Waals surface area contributed by atoms with Crippen LogP contribution in [0, 0.1) is 0 Å². The van der Waals surface area contributed by atoms with Crippen LogP contribution in [0.5, 0.6) is 5.75 Å². The van der Waals surface area contributed by atoms with E-state index < -0.39 is 11.8 Å². The topological polar surface area (TPSA) is 96.3 Å². The molecule has 0 saturated carbocycles. The van der Waals surface area contributed by atoms with Crippen molar-refractivity contribution in [1.82, 2.24) is 20.6 Å². The van der Waals surface area contributed by atoms with E-state index in [-0.39, 0.29) is 11.4 Å². The maximum absolute atomic E-state index is 12.5. The predicted octanol–water partition coefficient (Wildman–Crippen LogP) is 3.38. The molecule has 7 nitrogen and oxygen atoms in total. The molecule has 2 amide bonds. The van der Waals surface area contributed by atoms with Crippen LogP contribution in [0.25, 0.3) is 16.8 Å². The minimum atomic E-state index is -0.719. The summed E-state index contributed by atoms with van der Waals surface area (Å²) in [6.45, 7) is 0. The molecule has 3 N–H and O–H groups in total. The molecule has 8 heteroatoms. The van der Waals surface area contributed by atoms with E-state index in [1.54, 1.807) is 12.1 Å². The van der Waals surface area contributed by atoms with Crippen molar-refractivity contribution < 1.29 is 14.7 Å². The number of para-hydroxylation sites is 1. The number of amides is 2. The molecule has 2 aromatic carbocycles. The van der Waals surface area contributed by atoms with Crippen molar-refractivity contribution in [2.24, 2.45) is 0 Å². The second-order valence-electron chi connectivity index (χ2n) is 6.08. The molecule has 0 bridgehead atoms. The zero-order chi connectivity index (χ0) is 20.2. The highest BCUT2D eigenvalue weighted by Crippen LogP contribution is 2.28. The molecule has 0 radical (unpaired) electrons. The van der Waals surface area contributed by atoms with Gasteiger partial charge in [-0.05, 0) is 29.1 Å². The quantitative estimate of drug-likeness (QED) is 0.454. The highest BCUT2D eigenvalue weighted by Gasteiger charge is 2.19. The van der Waals surface area contributed by atoms with Crippen LogP contribution in [0.3, 0.4) is 0 Å². The second-order valence-corrected chi connectivity index (χ2v) is 7.00. The maximum atomic E-state index is 12.5. The van der Waals surface area contributed by atoms with Crippen molar-refractivity contribution in [3.8, 4) is 22.6 Å². The summed E-state index contributed by atoms with van der Waals surface area (Å²) < 4.78 is 1.39. The summed E-state index contributed by atoms with van der Waals surface area (Å²) in [6, 6.07) is 20.4. The van der Waals surface area contributed by atoms with Crippen LogP contribution < -0.4 is 10.9 Å². The summed E-state index contributed by atoms with van der Waals surface area (Å²) in [5.41, 5.74) is 6.87. The van der Waals surface area contributed by atoms with Crippen molar-refractivity contribution in [3.05, 3.63) is 88.9 Å². The highest BCUT2D eigenvalue weighted by atomic mass is 32.1. The highest BCUT2D eigenvalue weighted by molar-refractivity contribution is 7.12. The fraction of sp³-hybridized carbons (Fsp3) is 0. The second kappa shape index (κ2) is 7.99. The molecule has 0 aliphatic heterocycles. The van der Waals surface area contributed by atoms with E-state index in [2.05, 4.69) is 16.0 Å². The Hall–Kier alpha value is -3.91. The number of carbonyl (C=O) groups is 2. The maximum Gasteiger partial charge on any atom is 0.294 e. The fourth-order valence-corrected chi connectivity index (χ4v) is 3.61. The van der Waals surface area contributed by atoms with Crippen LogP contribution in [-0.2, 0) is 0 Å². The summed E-state index contributed by atoms with van der Waals surface area (Å²) in [5.74, 6) is -1.46. The first-order valence-electron chi connectivity index (χ1n) is 8.71. The van der Waals surface area contributed by atoms with Gasteiger partial charge in [0, 0.05) is 5.56 Å². The number of benzene rings is 2. The number of nitrogens with one attached hydrogen (secondary N) is 2. The lowest BCUT2D eigenvalue weighted by Crippen LogP contribution is -2.41. The molecule has 29 heavy (non-hydrogen) atoms. The molecule has 0 unspecified atom stereocenters. The predicted molar refractivity (Wildman–Crippen MR) is 110 cm³/mol. The molecule has 0 atom stereocenters. The molecular weight excluding hydrogens is 388 g/mol. The Balaban J connectivity index is 1.47. The van der Waals surface area contributed by atoms with E-state index in [0.717, 1.165) is 11.1 Å². The van der Waals surface area contributed by atoms with Gasteiger partial charge < -0.3 is 5.11 Å². The average molecular weight is 404 g/mol. The number of nitrogens with zero attached hydrogens (tertiary/aromatic N) is 2. The van der Waals surface area contributed by atoms with Gasteiger partial charge in [0.1, 0.15) is 4.88 Å². The number of carbonyl (C=O) groups excluding carboxylic acids is 2. The van der Waals surface area contributed by atoms with Crippen LogP contribution in [0.1, 0.15) is 20.2 Å². The van der Waals surface area contributed by atoms with Crippen molar-refractivity contribution in [3.63, 3.8) is 0 Å². The van der Waals surface area contributed by atoms with Crippen molar-refractivity contribution in [2.45, 2.75) is 0 Å². The van der Waals surface area contributed by atoms with Crippen LogP contribution in [0.15, 0.2) is 78.3 Å². The van der Waals surface area contributed by atoms with Gasteiger partial charge in [-0.15, -0.1) is 11.3 Å². The summed E-state index contributed by atoms with van der Waals surface area (Å²) in [5, 5.41) is 16.0. The summed E-state index contributed by atoms with van der Waals surface area (Å²) in [6.07, 6.45) is 1.33. The number of hydrazine groups is 1. The normalized spacial score (nSPS) is 10.5. The van der Waals surface area contributed by atoms with Crippen LogP contribution in [0.2, 0.25) is 0 Å². The molecule has 144 valence electrons. The third-order valence-electron chi connectivity index (χ3n) is 4.18. The monoisotopic (exact) mass is 404 g/mol. The molecule has 4 rings (SSSR count). The Kier molecular flexibility index (Phi) is 5.08. The van der Waals surface area contributed by atoms with Gasteiger partial charge in [-0.2, -0.15) is 5.10 Å². The number of thiophene rings is 1. The standard InChI is InChI=1S/C21H16N4O3S/c26-17-13-25(15-9-5-2-6-10-15)24-18(17)20(27)22-23-21(28)19-16(11-12-29-19)14-7-3-1-4-8-14/h1-13,26H,(H,22,27)(H,23,28). The first-order valence-corrected chi connectivity index (χ1v) is 9.59. The Morgan fingerprint density at radius 3 is 2.28 bits per heavy atom. The van der Waals surface area contributed by atoms with E-state index in [1.165, 1.54) is 22.2 Å². The Morgan fingerprint density at radius 1 is 0.897 bits per heavy atom. The van der Waals surface area contributed by atoms with Gasteiger partial charge in [-0.1, -0.05) is 48.5 Å². The molecule has 2 heterocycles. The van der Waals surface area contributed by atoms with Crippen LogP contribution in [0.4, 0.5) is 0 Å². The Bertz CT molecular complexity index is 1150. The van der Waals surface area contributed by atoms with Gasteiger partial charge >= 0.3 is 0 Å². The van der Waals surface area contributed by atoms with Crippen molar-refractivity contribution in [2.75, 3.05) is 0 Å². The van der Waals surface area contributed by atoms with E-state index in [9.17, 15) is 14.7 Å². The van der Waals surface area contributed by atoms with Gasteiger partial charge in [0.05, 0.1) is 11.9 Å². The SMILES string of the molecule is O=C(NNC(=O)c1sccc1-c1ccccc1)c1nn(-c2ccccc2)cc1O. The zero-order valence-corrected chi connectivity index (χ0v) is 15.9.